The van der Waals surface area contributed by atoms with E-state index in [0.717, 1.165) is 17.0 Å². The number of aromatic nitrogens is 3. The zero-order chi connectivity index (χ0) is 23.4. The summed E-state index contributed by atoms with van der Waals surface area (Å²) < 4.78 is 8.90. The van der Waals surface area contributed by atoms with E-state index in [1.54, 1.807) is 55.5 Å². The molecule has 1 amide bonds. The quantitative estimate of drug-likeness (QED) is 0.454. The fraction of sp³-hybridized carbons (Fsp3) is 0.167. The number of ether oxygens (including phenoxy) is 1. The first-order chi connectivity index (χ1) is 16.0. The highest BCUT2D eigenvalue weighted by Crippen LogP contribution is 2.30. The van der Waals surface area contributed by atoms with Crippen LogP contribution in [0, 0.1) is 0 Å². The minimum atomic E-state index is -1.05. The van der Waals surface area contributed by atoms with Crippen LogP contribution in [-0.4, -0.2) is 51.6 Å². The summed E-state index contributed by atoms with van der Waals surface area (Å²) in [6.45, 7) is 0.569. The minimum absolute atomic E-state index is 0.107. The van der Waals surface area contributed by atoms with Crippen LogP contribution in [0.3, 0.4) is 0 Å². The average molecular weight is 445 g/mol. The Labute approximate surface area is 189 Å². The van der Waals surface area contributed by atoms with Crippen LogP contribution in [0.5, 0.6) is 5.75 Å². The average Bonchev–Trinajstić information content (AvgIpc) is 3.27. The number of aromatic carboxylic acids is 1. The SMILES string of the molecule is CN=c1ccn(CCNC(=O)c2ccn3c(-c4ccccc4OC)cnc3c2)c(C(=O)O)c1. The summed E-state index contributed by atoms with van der Waals surface area (Å²) in [6, 6.07) is 14.3. The number of amides is 1. The number of fused-ring (bicyclic) bond motifs is 1. The lowest BCUT2D eigenvalue weighted by Gasteiger charge is -2.12. The third kappa shape index (κ3) is 4.47. The number of nitrogens with zero attached hydrogens (tertiary/aromatic N) is 4. The number of carboxylic acids is 1. The molecule has 0 fully saturated rings. The van der Waals surface area contributed by atoms with Crippen molar-refractivity contribution >= 4 is 17.5 Å². The number of carbonyl (C=O) groups is 2. The number of imidazole rings is 1. The molecule has 168 valence electrons. The molecular weight excluding hydrogens is 422 g/mol. The van der Waals surface area contributed by atoms with Gasteiger partial charge < -0.3 is 19.7 Å². The number of carbonyl (C=O) groups excluding carboxylic acids is 1. The van der Waals surface area contributed by atoms with Crippen molar-refractivity contribution in [2.45, 2.75) is 6.54 Å². The summed E-state index contributed by atoms with van der Waals surface area (Å²) in [4.78, 5) is 32.6. The van der Waals surface area contributed by atoms with E-state index in [2.05, 4.69) is 15.3 Å². The summed E-state index contributed by atoms with van der Waals surface area (Å²) in [6.07, 6.45) is 5.18. The molecule has 9 heteroatoms. The number of methoxy groups -OCH3 is 1. The molecule has 0 bridgehead atoms. The molecule has 0 spiro atoms. The van der Waals surface area contributed by atoms with Gasteiger partial charge in [-0.1, -0.05) is 12.1 Å². The van der Waals surface area contributed by atoms with E-state index in [-0.39, 0.29) is 18.1 Å². The largest absolute Gasteiger partial charge is 0.496 e. The second-order valence-corrected chi connectivity index (χ2v) is 7.24. The molecule has 4 aromatic rings. The van der Waals surface area contributed by atoms with E-state index in [0.29, 0.717) is 23.1 Å². The van der Waals surface area contributed by atoms with Crippen LogP contribution in [0.1, 0.15) is 20.8 Å². The molecule has 0 aliphatic rings. The number of rotatable bonds is 7. The fourth-order valence-corrected chi connectivity index (χ4v) is 3.61. The van der Waals surface area contributed by atoms with Gasteiger partial charge in [0, 0.05) is 43.7 Å². The zero-order valence-electron chi connectivity index (χ0n) is 18.2. The molecule has 3 aromatic heterocycles. The van der Waals surface area contributed by atoms with Gasteiger partial charge in [0.1, 0.15) is 17.1 Å². The molecule has 0 saturated heterocycles. The predicted octanol–water partition coefficient (Wildman–Crippen LogP) is 2.47. The van der Waals surface area contributed by atoms with Crippen molar-refractivity contribution in [2.24, 2.45) is 4.99 Å². The minimum Gasteiger partial charge on any atom is -0.496 e. The van der Waals surface area contributed by atoms with Crippen molar-refractivity contribution in [2.75, 3.05) is 20.7 Å². The van der Waals surface area contributed by atoms with Gasteiger partial charge in [-0.15, -0.1) is 0 Å². The summed E-state index contributed by atoms with van der Waals surface area (Å²) in [5.74, 6) is -0.584. The summed E-state index contributed by atoms with van der Waals surface area (Å²) in [5, 5.41) is 12.8. The first kappa shape index (κ1) is 21.8. The van der Waals surface area contributed by atoms with Crippen LogP contribution in [0.4, 0.5) is 0 Å². The first-order valence-electron chi connectivity index (χ1n) is 10.3. The van der Waals surface area contributed by atoms with Crippen molar-refractivity contribution in [3.8, 4) is 17.0 Å². The second-order valence-electron chi connectivity index (χ2n) is 7.24. The van der Waals surface area contributed by atoms with Crippen LogP contribution in [0.15, 0.2) is 72.1 Å². The van der Waals surface area contributed by atoms with Gasteiger partial charge >= 0.3 is 5.97 Å². The number of hydrogen-bond donors (Lipinski definition) is 2. The standard InChI is InChI=1S/C24H23N5O4/c1-25-17-8-10-28(19(14-17)24(31)32)12-9-26-23(30)16-7-11-29-20(15-27-22(29)13-16)18-5-3-4-6-21(18)33-2/h3-8,10-11,13-15H,9,12H2,1-2H3,(H,26,30)(H,31,32). The van der Waals surface area contributed by atoms with E-state index in [1.165, 1.54) is 6.07 Å². The first-order valence-corrected chi connectivity index (χ1v) is 10.3. The summed E-state index contributed by atoms with van der Waals surface area (Å²) in [5.41, 5.74) is 2.95. The summed E-state index contributed by atoms with van der Waals surface area (Å²) in [7, 11) is 3.22. The number of hydrogen-bond acceptors (Lipinski definition) is 5. The molecule has 1 aromatic carbocycles. The van der Waals surface area contributed by atoms with Crippen LogP contribution in [0.25, 0.3) is 16.9 Å². The van der Waals surface area contributed by atoms with Gasteiger partial charge in [0.25, 0.3) is 5.91 Å². The highest BCUT2D eigenvalue weighted by molar-refractivity contribution is 5.95. The van der Waals surface area contributed by atoms with E-state index < -0.39 is 5.97 Å². The van der Waals surface area contributed by atoms with Crippen molar-refractivity contribution in [3.63, 3.8) is 0 Å². The van der Waals surface area contributed by atoms with Crippen molar-refractivity contribution in [1.29, 1.82) is 0 Å². The third-order valence-electron chi connectivity index (χ3n) is 5.29. The molecule has 4 rings (SSSR count). The predicted molar refractivity (Wildman–Crippen MR) is 122 cm³/mol. The van der Waals surface area contributed by atoms with Crippen LogP contribution >= 0.6 is 0 Å². The van der Waals surface area contributed by atoms with E-state index in [1.807, 2.05) is 28.7 Å². The van der Waals surface area contributed by atoms with Gasteiger partial charge in [-0.2, -0.15) is 0 Å². The van der Waals surface area contributed by atoms with Gasteiger partial charge in [-0.05, 0) is 36.4 Å². The number of para-hydroxylation sites is 1. The number of pyridine rings is 2. The zero-order valence-corrected chi connectivity index (χ0v) is 18.2. The number of benzene rings is 1. The van der Waals surface area contributed by atoms with Gasteiger partial charge in [-0.25, -0.2) is 9.78 Å². The Balaban J connectivity index is 1.49. The van der Waals surface area contributed by atoms with Gasteiger partial charge in [0.05, 0.1) is 24.4 Å². The highest BCUT2D eigenvalue weighted by Gasteiger charge is 2.13. The molecule has 2 N–H and O–H groups in total. The molecule has 0 aliphatic carbocycles. The molecule has 0 aliphatic heterocycles. The number of carboxylic acid groups (broad SMARTS) is 1. The lowest BCUT2D eigenvalue weighted by molar-refractivity contribution is 0.0684. The molecule has 9 nitrogen and oxygen atoms in total. The molecule has 3 heterocycles. The maximum absolute atomic E-state index is 12.7. The monoisotopic (exact) mass is 445 g/mol. The Morgan fingerprint density at radius 1 is 1.15 bits per heavy atom. The van der Waals surface area contributed by atoms with E-state index in [9.17, 15) is 14.7 Å². The molecular formula is C24H23N5O4. The van der Waals surface area contributed by atoms with Crippen molar-refractivity contribution in [1.82, 2.24) is 19.3 Å². The van der Waals surface area contributed by atoms with Crippen molar-refractivity contribution < 1.29 is 19.4 Å². The molecule has 0 radical (unpaired) electrons. The van der Waals surface area contributed by atoms with Gasteiger partial charge in [-0.3, -0.25) is 14.2 Å². The fourth-order valence-electron chi connectivity index (χ4n) is 3.61. The summed E-state index contributed by atoms with van der Waals surface area (Å²) >= 11 is 0. The second kappa shape index (κ2) is 9.39. The number of nitrogens with one attached hydrogen (secondary N) is 1. The van der Waals surface area contributed by atoms with Gasteiger partial charge in [0.15, 0.2) is 0 Å². The lowest BCUT2D eigenvalue weighted by Crippen LogP contribution is -2.29. The van der Waals surface area contributed by atoms with Crippen LogP contribution < -0.4 is 15.4 Å². The topological polar surface area (TPSA) is 110 Å². The Hall–Kier alpha value is -4.40. The molecule has 0 atom stereocenters. The molecule has 0 saturated carbocycles. The Morgan fingerprint density at radius 2 is 1.97 bits per heavy atom. The van der Waals surface area contributed by atoms with E-state index in [4.69, 9.17) is 4.74 Å². The maximum atomic E-state index is 12.7. The Morgan fingerprint density at radius 3 is 2.73 bits per heavy atom. The van der Waals surface area contributed by atoms with E-state index >= 15 is 0 Å². The smallest absolute Gasteiger partial charge is 0.352 e. The van der Waals surface area contributed by atoms with Crippen molar-refractivity contribution in [3.05, 3.63) is 83.7 Å². The third-order valence-corrected chi connectivity index (χ3v) is 5.29. The van der Waals surface area contributed by atoms with Gasteiger partial charge in [0.2, 0.25) is 0 Å². The molecule has 0 unspecified atom stereocenters. The highest BCUT2D eigenvalue weighted by atomic mass is 16.5. The normalized spacial score (nSPS) is 11.5. The lowest BCUT2D eigenvalue weighted by atomic mass is 10.1. The Bertz CT molecular complexity index is 1400. The molecule has 33 heavy (non-hydrogen) atoms. The maximum Gasteiger partial charge on any atom is 0.352 e. The van der Waals surface area contributed by atoms with Crippen LogP contribution in [-0.2, 0) is 6.54 Å². The van der Waals surface area contributed by atoms with Crippen LogP contribution in [0.2, 0.25) is 0 Å². The Kier molecular flexibility index (Phi) is 6.21.